The van der Waals surface area contributed by atoms with Gasteiger partial charge in [0, 0.05) is 17.1 Å². The van der Waals surface area contributed by atoms with Crippen LogP contribution in [-0.4, -0.2) is 10.9 Å². The molecule has 38 valence electrons. The van der Waals surface area contributed by atoms with Gasteiger partial charge < -0.3 is 0 Å². The number of nitrogens with zero attached hydrogens (tertiary/aromatic N) is 3. The van der Waals surface area contributed by atoms with E-state index in [1.54, 1.807) is 6.21 Å². The van der Waals surface area contributed by atoms with E-state index in [1.807, 2.05) is 0 Å². The molecule has 1 rings (SSSR count). The van der Waals surface area contributed by atoms with Crippen molar-refractivity contribution in [3.05, 3.63) is 0 Å². The van der Waals surface area contributed by atoms with E-state index >= 15 is 0 Å². The Kier molecular flexibility index (Phi) is 3.62. The van der Waals surface area contributed by atoms with Gasteiger partial charge in [-0.2, -0.15) is 0 Å². The van der Waals surface area contributed by atoms with Crippen molar-refractivity contribution < 1.29 is 35.4 Å². The third kappa shape index (κ3) is 2.27. The zero-order valence-corrected chi connectivity index (χ0v) is 7.41. The predicted octanol–water partition coefficient (Wildman–Crippen LogP) is 0.308. The normalized spacial score (nSPS) is 25.1. The molecule has 5 heteroatoms. The quantitative estimate of drug-likeness (QED) is 0.501. The van der Waals surface area contributed by atoms with Gasteiger partial charge in [0.2, 0.25) is 0 Å². The molecule has 0 fully saturated rings. The molecule has 1 atom stereocenters. The number of rotatable bonds is 0. The van der Waals surface area contributed by atoms with Crippen LogP contribution in [0.3, 0.4) is 0 Å². The Bertz CT molecular complexity index is 89.1. The van der Waals surface area contributed by atoms with E-state index in [0.717, 1.165) is 18.3 Å². The van der Waals surface area contributed by atoms with E-state index in [4.69, 9.17) is 0 Å². The topological polar surface area (TPSA) is 37.1 Å². The van der Waals surface area contributed by atoms with Crippen molar-refractivity contribution in [2.45, 2.75) is 4.64 Å². The molecule has 0 amide bonds. The van der Waals surface area contributed by atoms with Crippen LogP contribution in [0.5, 0.6) is 0 Å². The van der Waals surface area contributed by atoms with E-state index in [1.165, 1.54) is 0 Å². The Morgan fingerprint density at radius 3 is 2.43 bits per heavy atom. The van der Waals surface area contributed by atoms with E-state index in [0.29, 0.717) is 4.64 Å². The summed E-state index contributed by atoms with van der Waals surface area (Å²) in [7, 11) is 0. The second kappa shape index (κ2) is 3.42. The summed E-state index contributed by atoms with van der Waals surface area (Å²) in [4.78, 5) is 0. The minimum atomic E-state index is 0. The van der Waals surface area contributed by atoms with Crippen molar-refractivity contribution in [2.75, 3.05) is 0 Å². The van der Waals surface area contributed by atoms with Gasteiger partial charge in [0.15, 0.2) is 0 Å². The number of hydrogen-bond donors (Lipinski definition) is 0. The van der Waals surface area contributed by atoms with Gasteiger partial charge in [0.05, 0.1) is 0 Å². The Morgan fingerprint density at radius 1 is 1.57 bits per heavy atom. The molecule has 1 aliphatic rings. The monoisotopic (exact) mass is 195 g/mol. The Hall–Kier alpha value is 0.413. The molecule has 7 heavy (non-hydrogen) atoms. The van der Waals surface area contributed by atoms with Crippen molar-refractivity contribution >= 4 is 6.21 Å². The maximum absolute atomic E-state index is 3.69. The summed E-state index contributed by atoms with van der Waals surface area (Å²) in [6.07, 6.45) is 1.75. The molecule has 1 heterocycles. The molecule has 0 aromatic heterocycles. The fourth-order valence-electron chi connectivity index (χ4n) is 0.233. The van der Waals surface area contributed by atoms with Crippen LogP contribution in [0, 0.1) is 0 Å². The Morgan fingerprint density at radius 2 is 2.29 bits per heavy atom. The van der Waals surface area contributed by atoms with Crippen molar-refractivity contribution in [1.82, 2.24) is 0 Å². The van der Waals surface area contributed by atoms with Gasteiger partial charge in [0.1, 0.15) is 0 Å². The first-order valence-electron chi connectivity index (χ1n) is 1.66. The van der Waals surface area contributed by atoms with Crippen LogP contribution in [-0.2, 0) is 35.4 Å². The Labute approximate surface area is 61.8 Å². The van der Waals surface area contributed by atoms with Crippen LogP contribution < -0.4 is 0 Å². The average Bonchev–Trinajstić information content (AvgIpc) is 1.86. The zero-order chi connectivity index (χ0) is 4.41. The first kappa shape index (κ1) is 7.41. The molecule has 0 aromatic carbocycles. The molecule has 0 aromatic rings. The van der Waals surface area contributed by atoms with Crippen LogP contribution in [0.25, 0.3) is 0 Å². The molecular weight excluding hydrogens is 195 g/mol. The van der Waals surface area contributed by atoms with Gasteiger partial charge in [-0.25, -0.2) is 0 Å². The standard InChI is InChI=1S/C2H2N3.Cu.Zn/c1-2-4-5-3-1;;/h1-2H;;. The molecule has 3 nitrogen and oxygen atoms in total. The van der Waals surface area contributed by atoms with Gasteiger partial charge in [0.25, 0.3) is 0 Å². The molecule has 0 spiro atoms. The summed E-state index contributed by atoms with van der Waals surface area (Å²) in [6, 6.07) is 0. The first-order valence-corrected chi connectivity index (χ1v) is 3.37. The van der Waals surface area contributed by atoms with Crippen LogP contribution in [0.2, 0.25) is 0 Å². The zero-order valence-electron chi connectivity index (χ0n) is 3.50. The predicted molar refractivity (Wildman–Crippen MR) is 17.1 cm³/mol. The van der Waals surface area contributed by atoms with E-state index in [9.17, 15) is 0 Å². The van der Waals surface area contributed by atoms with Crippen LogP contribution in [0.15, 0.2) is 15.4 Å². The summed E-state index contributed by atoms with van der Waals surface area (Å²) in [5.41, 5.74) is 0. The van der Waals surface area contributed by atoms with Crippen LogP contribution in [0.1, 0.15) is 0 Å². The van der Waals surface area contributed by atoms with Gasteiger partial charge in [-0.1, -0.05) is 0 Å². The van der Waals surface area contributed by atoms with E-state index in [2.05, 4.69) is 15.4 Å². The molecule has 0 bridgehead atoms. The molecule has 0 saturated heterocycles. The van der Waals surface area contributed by atoms with E-state index < -0.39 is 0 Å². The van der Waals surface area contributed by atoms with Crippen LogP contribution >= 0.6 is 0 Å². The fraction of sp³-hybridized carbons (Fsp3) is 0.500. The third-order valence-corrected chi connectivity index (χ3v) is 1.28. The maximum atomic E-state index is 3.69. The SMILES string of the molecule is [Cu].[Zn][CH]1C=NN=N1. The second-order valence-electron chi connectivity index (χ2n) is 1.04. The van der Waals surface area contributed by atoms with E-state index in [-0.39, 0.29) is 17.1 Å². The number of hydrogen-bond acceptors (Lipinski definition) is 3. The van der Waals surface area contributed by atoms with Crippen molar-refractivity contribution in [3.8, 4) is 0 Å². The summed E-state index contributed by atoms with van der Waals surface area (Å²) in [5, 5.41) is 10.6. The van der Waals surface area contributed by atoms with Gasteiger partial charge in [-0.3, -0.25) is 0 Å². The summed E-state index contributed by atoms with van der Waals surface area (Å²) >= 11 is 1.13. The fourth-order valence-corrected chi connectivity index (χ4v) is 0.584. The van der Waals surface area contributed by atoms with Gasteiger partial charge in [-0.15, -0.1) is 0 Å². The Balaban J connectivity index is 0.000000360. The average molecular weight is 197 g/mol. The summed E-state index contributed by atoms with van der Waals surface area (Å²) < 4.78 is 0.338. The molecule has 0 aliphatic carbocycles. The second-order valence-corrected chi connectivity index (χ2v) is 2.79. The van der Waals surface area contributed by atoms with Crippen molar-refractivity contribution in [1.29, 1.82) is 0 Å². The van der Waals surface area contributed by atoms with Crippen molar-refractivity contribution in [2.24, 2.45) is 15.4 Å². The third-order valence-electron chi connectivity index (χ3n) is 0.490. The first-order chi connectivity index (χ1) is 2.89. The molecular formula is C2H2CuN3Zn. The summed E-state index contributed by atoms with van der Waals surface area (Å²) in [5.74, 6) is 0. The summed E-state index contributed by atoms with van der Waals surface area (Å²) in [6.45, 7) is 0. The van der Waals surface area contributed by atoms with Gasteiger partial charge in [-0.05, 0) is 0 Å². The molecule has 1 aliphatic heterocycles. The molecule has 0 N–H and O–H groups in total. The van der Waals surface area contributed by atoms with Crippen molar-refractivity contribution in [3.63, 3.8) is 0 Å². The molecule has 0 saturated carbocycles. The van der Waals surface area contributed by atoms with Crippen LogP contribution in [0.4, 0.5) is 0 Å². The molecule has 1 radical (unpaired) electrons. The minimum absolute atomic E-state index is 0. The molecule has 1 unspecified atom stereocenters. The van der Waals surface area contributed by atoms with Gasteiger partial charge >= 0.3 is 44.6 Å².